The lowest BCUT2D eigenvalue weighted by Crippen LogP contribution is -2.23. The molecular formula is C26H27N5O3. The van der Waals surface area contributed by atoms with Crippen LogP contribution in [-0.4, -0.2) is 32.6 Å². The second-order valence-corrected chi connectivity index (χ2v) is 8.13. The van der Waals surface area contributed by atoms with Crippen molar-refractivity contribution in [3.63, 3.8) is 0 Å². The highest BCUT2D eigenvalue weighted by Gasteiger charge is 2.15. The van der Waals surface area contributed by atoms with Gasteiger partial charge in [-0.05, 0) is 72.7 Å². The third-order valence-electron chi connectivity index (χ3n) is 5.63. The number of benzene rings is 3. The topological polar surface area (TPSA) is 83.5 Å². The Balaban J connectivity index is 1.62. The van der Waals surface area contributed by atoms with E-state index in [9.17, 15) is 4.79 Å². The molecule has 3 aromatic carbocycles. The third kappa shape index (κ3) is 4.61. The van der Waals surface area contributed by atoms with Crippen LogP contribution in [0.4, 0.5) is 0 Å². The van der Waals surface area contributed by atoms with Crippen molar-refractivity contribution >= 4 is 5.71 Å². The maximum atomic E-state index is 12.4. The van der Waals surface area contributed by atoms with Gasteiger partial charge in [0.1, 0.15) is 25.2 Å². The number of hydrogen-bond donors (Lipinski definition) is 0. The lowest BCUT2D eigenvalue weighted by molar-refractivity contribution is 0.214. The molecule has 1 heterocycles. The van der Waals surface area contributed by atoms with Crippen LogP contribution in [0.1, 0.15) is 33.4 Å². The molecule has 0 bridgehead atoms. The summed E-state index contributed by atoms with van der Waals surface area (Å²) in [4.78, 5) is 17.5. The molecule has 34 heavy (non-hydrogen) atoms. The predicted octanol–water partition coefficient (Wildman–Crippen LogP) is 3.87. The van der Waals surface area contributed by atoms with E-state index >= 15 is 0 Å². The van der Waals surface area contributed by atoms with Crippen LogP contribution < -0.4 is 10.4 Å². The molecule has 0 N–H and O–H groups in total. The Morgan fingerprint density at radius 3 is 2.38 bits per heavy atom. The van der Waals surface area contributed by atoms with E-state index in [2.05, 4.69) is 21.6 Å². The second-order valence-electron chi connectivity index (χ2n) is 8.13. The van der Waals surface area contributed by atoms with Gasteiger partial charge in [0.25, 0.3) is 0 Å². The van der Waals surface area contributed by atoms with Crippen molar-refractivity contribution in [3.05, 3.63) is 105 Å². The minimum Gasteiger partial charge on any atom is -0.489 e. The quantitative estimate of drug-likeness (QED) is 0.311. The first-order valence-corrected chi connectivity index (χ1v) is 10.9. The summed E-state index contributed by atoms with van der Waals surface area (Å²) < 4.78 is 8.68. The van der Waals surface area contributed by atoms with E-state index in [-0.39, 0.29) is 12.3 Å². The van der Waals surface area contributed by atoms with E-state index in [0.717, 1.165) is 44.8 Å². The molecule has 0 spiro atoms. The first-order chi connectivity index (χ1) is 16.4. The van der Waals surface area contributed by atoms with Crippen LogP contribution in [0.15, 0.2) is 70.6 Å². The summed E-state index contributed by atoms with van der Waals surface area (Å²) in [7, 11) is 3.11. The Hall–Kier alpha value is -4.20. The molecule has 0 unspecified atom stereocenters. The van der Waals surface area contributed by atoms with Crippen LogP contribution in [0.5, 0.6) is 5.75 Å². The predicted molar refractivity (Wildman–Crippen MR) is 131 cm³/mol. The summed E-state index contributed by atoms with van der Waals surface area (Å²) in [5.74, 6) is 0.741. The lowest BCUT2D eigenvalue weighted by Gasteiger charge is -2.15. The number of aromatic nitrogens is 4. The average molecular weight is 458 g/mol. The van der Waals surface area contributed by atoms with Crippen molar-refractivity contribution < 1.29 is 9.57 Å². The van der Waals surface area contributed by atoms with E-state index in [1.807, 2.05) is 75.4 Å². The fraction of sp³-hybridized carbons (Fsp3) is 0.231. The van der Waals surface area contributed by atoms with Crippen LogP contribution in [0, 0.1) is 20.8 Å². The van der Waals surface area contributed by atoms with Gasteiger partial charge < -0.3 is 9.57 Å². The summed E-state index contributed by atoms with van der Waals surface area (Å²) in [6, 6.07) is 19.8. The number of tetrazole rings is 1. The Kier molecular flexibility index (Phi) is 6.58. The molecule has 0 saturated heterocycles. The van der Waals surface area contributed by atoms with Gasteiger partial charge in [0.2, 0.25) is 0 Å². The van der Waals surface area contributed by atoms with Gasteiger partial charge >= 0.3 is 5.69 Å². The summed E-state index contributed by atoms with van der Waals surface area (Å²) in [6.45, 7) is 6.30. The highest BCUT2D eigenvalue weighted by Crippen LogP contribution is 2.25. The number of nitrogens with zero attached hydrogens (tertiary/aromatic N) is 5. The lowest BCUT2D eigenvalue weighted by atomic mass is 9.99. The van der Waals surface area contributed by atoms with Gasteiger partial charge in [0.05, 0.1) is 5.69 Å². The van der Waals surface area contributed by atoms with Crippen LogP contribution in [0.3, 0.4) is 0 Å². The van der Waals surface area contributed by atoms with Crippen molar-refractivity contribution in [1.29, 1.82) is 0 Å². The van der Waals surface area contributed by atoms with Crippen molar-refractivity contribution in [3.8, 4) is 11.4 Å². The number of ether oxygens (including phenoxy) is 1. The minimum absolute atomic E-state index is 0.280. The number of oxime groups is 1. The van der Waals surface area contributed by atoms with Gasteiger partial charge in [-0.3, -0.25) is 0 Å². The van der Waals surface area contributed by atoms with E-state index in [1.54, 1.807) is 14.2 Å². The molecule has 0 radical (unpaired) electrons. The zero-order chi connectivity index (χ0) is 24.2. The fourth-order valence-corrected chi connectivity index (χ4v) is 3.80. The van der Waals surface area contributed by atoms with E-state index < -0.39 is 0 Å². The third-order valence-corrected chi connectivity index (χ3v) is 5.63. The first-order valence-electron chi connectivity index (χ1n) is 10.9. The van der Waals surface area contributed by atoms with Crippen LogP contribution in [0.25, 0.3) is 5.69 Å². The normalized spacial score (nSPS) is 11.5. The molecule has 0 atom stereocenters. The van der Waals surface area contributed by atoms with Crippen LogP contribution in [-0.2, 0) is 18.5 Å². The molecule has 0 aliphatic carbocycles. The van der Waals surface area contributed by atoms with Gasteiger partial charge in [0, 0.05) is 23.7 Å². The highest BCUT2D eigenvalue weighted by atomic mass is 16.6. The fourth-order valence-electron chi connectivity index (χ4n) is 3.80. The van der Waals surface area contributed by atoms with E-state index in [0.29, 0.717) is 5.69 Å². The standard InChI is InChI=1S/C26H27N5O3/c1-17-8-6-10-20(14-17)25(27-33-5)21-12-13-24(19(3)15-21)34-16-22-18(2)9-7-11-23(22)31-26(32)30(4)28-29-31/h6-15H,16H2,1-5H3/b27-25+. The van der Waals surface area contributed by atoms with Crippen LogP contribution >= 0.6 is 0 Å². The zero-order valence-corrected chi connectivity index (χ0v) is 19.9. The maximum Gasteiger partial charge on any atom is 0.368 e. The van der Waals surface area contributed by atoms with Gasteiger partial charge in [-0.15, -0.1) is 0 Å². The van der Waals surface area contributed by atoms with E-state index in [4.69, 9.17) is 9.57 Å². The van der Waals surface area contributed by atoms with Crippen molar-refractivity contribution in [2.24, 2.45) is 12.2 Å². The SMILES string of the molecule is CO/N=C(\c1cccc(C)c1)c1ccc(OCc2c(C)cccc2-n2nnn(C)c2=O)c(C)c1. The number of aryl methyl sites for hydroxylation is 4. The van der Waals surface area contributed by atoms with Crippen molar-refractivity contribution in [1.82, 2.24) is 19.8 Å². The van der Waals surface area contributed by atoms with Crippen molar-refractivity contribution in [2.45, 2.75) is 27.4 Å². The Morgan fingerprint density at radius 1 is 0.941 bits per heavy atom. The Labute approximate surface area is 198 Å². The molecule has 0 saturated carbocycles. The molecule has 4 aromatic rings. The molecule has 174 valence electrons. The van der Waals surface area contributed by atoms with Gasteiger partial charge in [-0.25, -0.2) is 4.79 Å². The smallest absolute Gasteiger partial charge is 0.368 e. The molecule has 0 fully saturated rings. The molecule has 0 aliphatic heterocycles. The molecule has 1 aromatic heterocycles. The summed E-state index contributed by atoms with van der Waals surface area (Å²) >= 11 is 0. The van der Waals surface area contributed by atoms with Gasteiger partial charge in [0.15, 0.2) is 0 Å². The zero-order valence-electron chi connectivity index (χ0n) is 19.9. The Morgan fingerprint density at radius 2 is 1.71 bits per heavy atom. The summed E-state index contributed by atoms with van der Waals surface area (Å²) in [5, 5.41) is 12.1. The largest absolute Gasteiger partial charge is 0.489 e. The second kappa shape index (κ2) is 9.74. The molecule has 8 nitrogen and oxygen atoms in total. The highest BCUT2D eigenvalue weighted by molar-refractivity contribution is 6.12. The molecule has 0 aliphatic rings. The molecule has 4 rings (SSSR count). The minimum atomic E-state index is -0.312. The van der Waals surface area contributed by atoms with Gasteiger partial charge in [-0.2, -0.15) is 9.36 Å². The monoisotopic (exact) mass is 457 g/mol. The molecule has 0 amide bonds. The molecule has 8 heteroatoms. The summed E-state index contributed by atoms with van der Waals surface area (Å²) in [5.41, 5.74) is 6.98. The summed E-state index contributed by atoms with van der Waals surface area (Å²) in [6.07, 6.45) is 0. The van der Waals surface area contributed by atoms with Gasteiger partial charge in [-0.1, -0.05) is 41.1 Å². The number of rotatable bonds is 7. The average Bonchev–Trinajstić information content (AvgIpc) is 3.15. The van der Waals surface area contributed by atoms with E-state index in [1.165, 1.54) is 9.36 Å². The Bertz CT molecular complexity index is 1420. The number of hydrogen-bond acceptors (Lipinski definition) is 6. The molecular weight excluding hydrogens is 430 g/mol. The van der Waals surface area contributed by atoms with Crippen molar-refractivity contribution in [2.75, 3.05) is 7.11 Å². The van der Waals surface area contributed by atoms with Crippen LogP contribution in [0.2, 0.25) is 0 Å². The maximum absolute atomic E-state index is 12.4. The first kappa shape index (κ1) is 23.0.